The lowest BCUT2D eigenvalue weighted by Crippen LogP contribution is -2.47. The normalized spacial score (nSPS) is 17.4. The molecule has 2 heterocycles. The molecule has 1 aliphatic heterocycles. The van der Waals surface area contributed by atoms with Crippen molar-refractivity contribution < 1.29 is 9.47 Å². The van der Waals surface area contributed by atoms with Gasteiger partial charge in [-0.25, -0.2) is 4.98 Å². The predicted molar refractivity (Wildman–Crippen MR) is 103 cm³/mol. The summed E-state index contributed by atoms with van der Waals surface area (Å²) in [5.74, 6) is 2.54. The first-order valence-electron chi connectivity index (χ1n) is 9.13. The number of rotatable bonds is 7. The Morgan fingerprint density at radius 1 is 1.19 bits per heavy atom. The molecule has 1 fully saturated rings. The Kier molecular flexibility index (Phi) is 6.28. The average Bonchev–Trinajstić information content (AvgIpc) is 2.72. The summed E-state index contributed by atoms with van der Waals surface area (Å²) in [6.45, 7) is 3.06. The van der Waals surface area contributed by atoms with Gasteiger partial charge in [0, 0.05) is 38.1 Å². The largest absolute Gasteiger partial charge is 0.493 e. The van der Waals surface area contributed by atoms with Crippen LogP contribution < -0.4 is 14.4 Å². The number of ether oxygens (including phenoxy) is 2. The topological polar surface area (TPSA) is 50.7 Å². The summed E-state index contributed by atoms with van der Waals surface area (Å²) >= 11 is 0. The van der Waals surface area contributed by atoms with E-state index in [4.69, 9.17) is 9.47 Å². The van der Waals surface area contributed by atoms with Crippen LogP contribution in [0, 0.1) is 0 Å². The van der Waals surface area contributed by atoms with Gasteiger partial charge in [-0.1, -0.05) is 6.07 Å². The van der Waals surface area contributed by atoms with Crippen LogP contribution in [0.4, 0.5) is 5.82 Å². The number of hydrogen-bond acceptors (Lipinski definition) is 6. The minimum Gasteiger partial charge on any atom is -0.493 e. The molecule has 1 atom stereocenters. The van der Waals surface area contributed by atoms with E-state index >= 15 is 0 Å². The summed E-state index contributed by atoms with van der Waals surface area (Å²) < 4.78 is 10.7. The molecule has 3 rings (SSSR count). The van der Waals surface area contributed by atoms with E-state index < -0.39 is 0 Å². The molecule has 6 heteroatoms. The molecule has 0 aliphatic carbocycles. The number of aromatic nitrogens is 2. The van der Waals surface area contributed by atoms with Crippen LogP contribution in [0.3, 0.4) is 0 Å². The van der Waals surface area contributed by atoms with Crippen LogP contribution in [0.25, 0.3) is 0 Å². The SMILES string of the molecule is COc1ccc(CCN(C)[C@@H]2CCCN(c3cnccn3)C2)cc1OC. The van der Waals surface area contributed by atoms with E-state index in [0.29, 0.717) is 6.04 Å². The molecule has 6 nitrogen and oxygen atoms in total. The van der Waals surface area contributed by atoms with E-state index in [-0.39, 0.29) is 0 Å². The van der Waals surface area contributed by atoms with Crippen LogP contribution in [-0.2, 0) is 6.42 Å². The zero-order valence-corrected chi connectivity index (χ0v) is 15.9. The number of methoxy groups -OCH3 is 2. The van der Waals surface area contributed by atoms with E-state index in [9.17, 15) is 0 Å². The number of benzene rings is 1. The standard InChI is InChI=1S/C20H28N4O2/c1-23(12-8-16-6-7-18(25-2)19(13-16)26-3)17-5-4-11-24(15-17)20-14-21-9-10-22-20/h6-7,9-10,13-14,17H,4-5,8,11-12,15H2,1-3H3/t17-/m1/s1. The van der Waals surface area contributed by atoms with Crippen LogP contribution in [-0.4, -0.2) is 61.8 Å². The van der Waals surface area contributed by atoms with Gasteiger partial charge in [0.25, 0.3) is 0 Å². The van der Waals surface area contributed by atoms with Crippen molar-refractivity contribution in [2.45, 2.75) is 25.3 Å². The smallest absolute Gasteiger partial charge is 0.160 e. The maximum absolute atomic E-state index is 5.40. The van der Waals surface area contributed by atoms with Gasteiger partial charge in [0.05, 0.1) is 20.4 Å². The van der Waals surface area contributed by atoms with Crippen molar-refractivity contribution in [2.24, 2.45) is 0 Å². The van der Waals surface area contributed by atoms with Crippen LogP contribution in [0.15, 0.2) is 36.8 Å². The Labute approximate surface area is 155 Å². The first-order valence-corrected chi connectivity index (χ1v) is 9.13. The van der Waals surface area contributed by atoms with Gasteiger partial charge in [-0.15, -0.1) is 0 Å². The quantitative estimate of drug-likeness (QED) is 0.760. The molecule has 1 aromatic carbocycles. The van der Waals surface area contributed by atoms with Crippen LogP contribution in [0.5, 0.6) is 11.5 Å². The fourth-order valence-corrected chi connectivity index (χ4v) is 3.50. The molecule has 0 N–H and O–H groups in total. The fourth-order valence-electron chi connectivity index (χ4n) is 3.50. The van der Waals surface area contributed by atoms with Crippen molar-refractivity contribution in [1.29, 1.82) is 0 Å². The van der Waals surface area contributed by atoms with Crippen molar-refractivity contribution in [2.75, 3.05) is 45.8 Å². The maximum atomic E-state index is 5.40. The molecule has 1 saturated heterocycles. The molecule has 1 aromatic heterocycles. The molecule has 26 heavy (non-hydrogen) atoms. The van der Waals surface area contributed by atoms with E-state index in [1.165, 1.54) is 18.4 Å². The molecule has 0 saturated carbocycles. The highest BCUT2D eigenvalue weighted by molar-refractivity contribution is 5.43. The van der Waals surface area contributed by atoms with Crippen molar-refractivity contribution >= 4 is 5.82 Å². The number of anilines is 1. The Bertz CT molecular complexity index is 695. The van der Waals surface area contributed by atoms with Crippen molar-refractivity contribution in [3.8, 4) is 11.5 Å². The third-order valence-electron chi connectivity index (χ3n) is 5.09. The Morgan fingerprint density at radius 3 is 2.77 bits per heavy atom. The first kappa shape index (κ1) is 18.5. The summed E-state index contributed by atoms with van der Waals surface area (Å²) in [6.07, 6.45) is 8.73. The van der Waals surface area contributed by atoms with Gasteiger partial charge in [-0.05, 0) is 44.0 Å². The van der Waals surface area contributed by atoms with Gasteiger partial charge >= 0.3 is 0 Å². The number of piperidine rings is 1. The third kappa shape index (κ3) is 4.43. The molecule has 0 bridgehead atoms. The number of hydrogen-bond donors (Lipinski definition) is 0. The lowest BCUT2D eigenvalue weighted by molar-refractivity contribution is 0.217. The lowest BCUT2D eigenvalue weighted by atomic mass is 10.0. The number of likely N-dealkylation sites (N-methyl/N-ethyl adjacent to an activating group) is 1. The summed E-state index contributed by atoms with van der Waals surface area (Å²) in [6, 6.07) is 6.69. The molecule has 0 amide bonds. The molecular weight excluding hydrogens is 328 g/mol. The van der Waals surface area contributed by atoms with Crippen LogP contribution in [0.2, 0.25) is 0 Å². The second-order valence-electron chi connectivity index (χ2n) is 6.73. The minimum absolute atomic E-state index is 0.533. The first-order chi connectivity index (χ1) is 12.7. The monoisotopic (exact) mass is 356 g/mol. The average molecular weight is 356 g/mol. The fraction of sp³-hybridized carbons (Fsp3) is 0.500. The van der Waals surface area contributed by atoms with Crippen molar-refractivity contribution in [1.82, 2.24) is 14.9 Å². The minimum atomic E-state index is 0.533. The Balaban J connectivity index is 1.57. The molecule has 2 aromatic rings. The summed E-state index contributed by atoms with van der Waals surface area (Å²) in [4.78, 5) is 13.4. The summed E-state index contributed by atoms with van der Waals surface area (Å²) in [5, 5.41) is 0. The van der Waals surface area contributed by atoms with Gasteiger partial charge < -0.3 is 19.3 Å². The summed E-state index contributed by atoms with van der Waals surface area (Å²) in [7, 11) is 5.56. The van der Waals surface area contributed by atoms with Crippen LogP contribution in [0.1, 0.15) is 18.4 Å². The summed E-state index contributed by atoms with van der Waals surface area (Å²) in [5.41, 5.74) is 1.26. The highest BCUT2D eigenvalue weighted by atomic mass is 16.5. The maximum Gasteiger partial charge on any atom is 0.160 e. The van der Waals surface area contributed by atoms with E-state index in [1.807, 2.05) is 12.3 Å². The molecule has 0 spiro atoms. The molecule has 1 aliphatic rings. The Morgan fingerprint density at radius 2 is 2.04 bits per heavy atom. The second kappa shape index (κ2) is 8.85. The van der Waals surface area contributed by atoms with E-state index in [1.54, 1.807) is 26.6 Å². The zero-order valence-electron chi connectivity index (χ0n) is 15.9. The zero-order chi connectivity index (χ0) is 18.4. The molecule has 0 radical (unpaired) electrons. The lowest BCUT2D eigenvalue weighted by Gasteiger charge is -2.38. The van der Waals surface area contributed by atoms with E-state index in [0.717, 1.165) is 43.4 Å². The van der Waals surface area contributed by atoms with E-state index in [2.05, 4.69) is 38.9 Å². The Hall–Kier alpha value is -2.34. The van der Waals surface area contributed by atoms with Gasteiger partial charge in [0.2, 0.25) is 0 Å². The highest BCUT2D eigenvalue weighted by Gasteiger charge is 2.24. The van der Waals surface area contributed by atoms with Crippen molar-refractivity contribution in [3.63, 3.8) is 0 Å². The van der Waals surface area contributed by atoms with Gasteiger partial charge in [-0.3, -0.25) is 4.98 Å². The van der Waals surface area contributed by atoms with Crippen molar-refractivity contribution in [3.05, 3.63) is 42.4 Å². The molecular formula is C20H28N4O2. The molecule has 140 valence electrons. The molecule has 0 unspecified atom stereocenters. The van der Waals surface area contributed by atoms with Crippen LogP contribution >= 0.6 is 0 Å². The highest BCUT2D eigenvalue weighted by Crippen LogP contribution is 2.28. The predicted octanol–water partition coefficient (Wildman–Crippen LogP) is 2.64. The van der Waals surface area contributed by atoms with Gasteiger partial charge in [-0.2, -0.15) is 0 Å². The second-order valence-corrected chi connectivity index (χ2v) is 6.73. The van der Waals surface area contributed by atoms with Gasteiger partial charge in [0.1, 0.15) is 5.82 Å². The third-order valence-corrected chi connectivity index (χ3v) is 5.09. The number of nitrogens with zero attached hydrogens (tertiary/aromatic N) is 4. The van der Waals surface area contributed by atoms with Gasteiger partial charge in [0.15, 0.2) is 11.5 Å².